The van der Waals surface area contributed by atoms with E-state index in [2.05, 4.69) is 17.1 Å². The normalized spacial score (nSPS) is 10.8. The van der Waals surface area contributed by atoms with Crippen molar-refractivity contribution in [3.05, 3.63) is 66.7 Å². The molecule has 0 amide bonds. The molecule has 0 unspecified atom stereocenters. The Morgan fingerprint density at radius 2 is 1.64 bits per heavy atom. The molecule has 0 spiro atoms. The third-order valence-corrected chi connectivity index (χ3v) is 4.13. The average molecular weight is 331 g/mol. The Morgan fingerprint density at radius 1 is 0.800 bits per heavy atom. The van der Waals surface area contributed by atoms with Crippen molar-refractivity contribution >= 4 is 11.1 Å². The van der Waals surface area contributed by atoms with Gasteiger partial charge in [-0.05, 0) is 35.4 Å². The molecule has 0 bridgehead atoms. The van der Waals surface area contributed by atoms with Gasteiger partial charge in [-0.1, -0.05) is 36.4 Å². The summed E-state index contributed by atoms with van der Waals surface area (Å²) in [6.45, 7) is 0. The zero-order valence-corrected chi connectivity index (χ0v) is 14.0. The summed E-state index contributed by atoms with van der Waals surface area (Å²) in [6, 6.07) is 21.8. The number of oxazole rings is 1. The topological polar surface area (TPSA) is 44.5 Å². The molecule has 0 radical (unpaired) electrons. The van der Waals surface area contributed by atoms with Crippen LogP contribution in [0.2, 0.25) is 0 Å². The monoisotopic (exact) mass is 331 g/mol. The fourth-order valence-electron chi connectivity index (χ4n) is 2.83. The van der Waals surface area contributed by atoms with Crippen LogP contribution in [0.3, 0.4) is 0 Å². The molecule has 0 aliphatic heterocycles. The predicted molar refractivity (Wildman–Crippen MR) is 98.0 cm³/mol. The first kappa shape index (κ1) is 15.3. The van der Waals surface area contributed by atoms with E-state index in [1.54, 1.807) is 14.2 Å². The molecule has 0 atom stereocenters. The van der Waals surface area contributed by atoms with Gasteiger partial charge in [0.05, 0.1) is 19.8 Å². The summed E-state index contributed by atoms with van der Waals surface area (Å²) in [5, 5.41) is 0. The highest BCUT2D eigenvalue weighted by Crippen LogP contribution is 2.35. The van der Waals surface area contributed by atoms with Crippen LogP contribution in [0.4, 0.5) is 0 Å². The lowest BCUT2D eigenvalue weighted by Gasteiger charge is -2.07. The van der Waals surface area contributed by atoms with Gasteiger partial charge >= 0.3 is 0 Å². The summed E-state index contributed by atoms with van der Waals surface area (Å²) in [6.07, 6.45) is 0. The number of benzene rings is 3. The summed E-state index contributed by atoms with van der Waals surface area (Å²) in [5.74, 6) is 1.91. The van der Waals surface area contributed by atoms with Gasteiger partial charge in [0.1, 0.15) is 17.0 Å². The summed E-state index contributed by atoms with van der Waals surface area (Å²) in [7, 11) is 3.24. The molecule has 0 aliphatic carbocycles. The van der Waals surface area contributed by atoms with E-state index in [0.717, 1.165) is 33.5 Å². The minimum atomic E-state index is 0.528. The maximum absolute atomic E-state index is 5.93. The van der Waals surface area contributed by atoms with Crippen LogP contribution in [0, 0.1) is 0 Å². The molecule has 1 aromatic heterocycles. The van der Waals surface area contributed by atoms with Crippen LogP contribution in [-0.4, -0.2) is 19.2 Å². The SMILES string of the molecule is COc1ccc(-c2nc3cc(-c4ccccc4)ccc3o2)c(OC)c1. The Bertz CT molecular complexity index is 1020. The number of rotatable bonds is 4. The van der Waals surface area contributed by atoms with Crippen molar-refractivity contribution in [2.24, 2.45) is 0 Å². The number of methoxy groups -OCH3 is 2. The van der Waals surface area contributed by atoms with Gasteiger partial charge in [0.15, 0.2) is 5.58 Å². The Balaban J connectivity index is 1.80. The van der Waals surface area contributed by atoms with Crippen molar-refractivity contribution in [3.63, 3.8) is 0 Å². The van der Waals surface area contributed by atoms with Gasteiger partial charge in [-0.2, -0.15) is 0 Å². The number of nitrogens with zero attached hydrogens (tertiary/aromatic N) is 1. The van der Waals surface area contributed by atoms with Crippen molar-refractivity contribution in [2.45, 2.75) is 0 Å². The molecule has 0 fully saturated rings. The van der Waals surface area contributed by atoms with E-state index in [-0.39, 0.29) is 0 Å². The summed E-state index contributed by atoms with van der Waals surface area (Å²) in [4.78, 5) is 4.65. The zero-order valence-electron chi connectivity index (χ0n) is 14.0. The van der Waals surface area contributed by atoms with Crippen molar-refractivity contribution < 1.29 is 13.9 Å². The van der Waals surface area contributed by atoms with Crippen LogP contribution in [0.1, 0.15) is 0 Å². The quantitative estimate of drug-likeness (QED) is 0.517. The van der Waals surface area contributed by atoms with Gasteiger partial charge in [-0.3, -0.25) is 0 Å². The standard InChI is InChI=1S/C21H17NO3/c1-23-16-9-10-17(20(13-16)24-2)21-22-18-12-15(8-11-19(18)25-21)14-6-4-3-5-7-14/h3-13H,1-2H3. The highest BCUT2D eigenvalue weighted by Gasteiger charge is 2.14. The summed E-state index contributed by atoms with van der Waals surface area (Å²) >= 11 is 0. The van der Waals surface area contributed by atoms with Crippen LogP contribution in [0.5, 0.6) is 11.5 Å². The van der Waals surface area contributed by atoms with Gasteiger partial charge in [-0.25, -0.2) is 4.98 Å². The lowest BCUT2D eigenvalue weighted by atomic mass is 10.1. The molecule has 1 heterocycles. The van der Waals surface area contributed by atoms with Crippen LogP contribution in [0.25, 0.3) is 33.7 Å². The molecule has 4 aromatic rings. The van der Waals surface area contributed by atoms with Gasteiger partial charge in [0.25, 0.3) is 0 Å². The van der Waals surface area contributed by atoms with E-state index in [1.165, 1.54) is 0 Å². The first-order valence-electron chi connectivity index (χ1n) is 7.97. The molecular weight excluding hydrogens is 314 g/mol. The molecule has 25 heavy (non-hydrogen) atoms. The molecule has 0 saturated heterocycles. The highest BCUT2D eigenvalue weighted by atomic mass is 16.5. The van der Waals surface area contributed by atoms with Crippen LogP contribution in [-0.2, 0) is 0 Å². The van der Waals surface area contributed by atoms with Gasteiger partial charge in [0.2, 0.25) is 5.89 Å². The first-order chi connectivity index (χ1) is 12.3. The fourth-order valence-corrected chi connectivity index (χ4v) is 2.83. The van der Waals surface area contributed by atoms with Crippen molar-refractivity contribution in [3.8, 4) is 34.1 Å². The van der Waals surface area contributed by atoms with E-state index >= 15 is 0 Å². The molecule has 4 rings (SSSR count). The largest absolute Gasteiger partial charge is 0.497 e. The number of hydrogen-bond acceptors (Lipinski definition) is 4. The zero-order chi connectivity index (χ0) is 17.2. The second kappa shape index (κ2) is 6.32. The number of hydrogen-bond donors (Lipinski definition) is 0. The van der Waals surface area contributed by atoms with Crippen molar-refractivity contribution in [2.75, 3.05) is 14.2 Å². The minimum Gasteiger partial charge on any atom is -0.497 e. The van der Waals surface area contributed by atoms with Gasteiger partial charge in [0, 0.05) is 6.07 Å². The van der Waals surface area contributed by atoms with E-state index in [4.69, 9.17) is 13.9 Å². The minimum absolute atomic E-state index is 0.528. The Kier molecular flexibility index (Phi) is 3.86. The average Bonchev–Trinajstić information content (AvgIpc) is 3.11. The Hall–Kier alpha value is -3.27. The second-order valence-corrected chi connectivity index (χ2v) is 5.63. The first-order valence-corrected chi connectivity index (χ1v) is 7.97. The van der Waals surface area contributed by atoms with E-state index in [0.29, 0.717) is 11.6 Å². The maximum atomic E-state index is 5.93. The third kappa shape index (κ3) is 2.83. The molecule has 0 aliphatic rings. The predicted octanol–water partition coefficient (Wildman–Crippen LogP) is 5.18. The molecular formula is C21H17NO3. The highest BCUT2D eigenvalue weighted by molar-refractivity contribution is 5.83. The van der Waals surface area contributed by atoms with Gasteiger partial charge < -0.3 is 13.9 Å². The molecule has 4 heteroatoms. The third-order valence-electron chi connectivity index (χ3n) is 4.13. The Morgan fingerprint density at radius 3 is 2.40 bits per heavy atom. The van der Waals surface area contributed by atoms with E-state index in [1.807, 2.05) is 54.6 Å². The van der Waals surface area contributed by atoms with E-state index < -0.39 is 0 Å². The summed E-state index contributed by atoms with van der Waals surface area (Å²) < 4.78 is 16.6. The van der Waals surface area contributed by atoms with Crippen LogP contribution >= 0.6 is 0 Å². The molecule has 3 aromatic carbocycles. The van der Waals surface area contributed by atoms with Crippen LogP contribution < -0.4 is 9.47 Å². The van der Waals surface area contributed by atoms with E-state index in [9.17, 15) is 0 Å². The van der Waals surface area contributed by atoms with Gasteiger partial charge in [-0.15, -0.1) is 0 Å². The summed E-state index contributed by atoms with van der Waals surface area (Å²) in [5.41, 5.74) is 4.60. The maximum Gasteiger partial charge on any atom is 0.231 e. The molecule has 0 saturated carbocycles. The van der Waals surface area contributed by atoms with Crippen molar-refractivity contribution in [1.29, 1.82) is 0 Å². The lowest BCUT2D eigenvalue weighted by Crippen LogP contribution is -1.90. The second-order valence-electron chi connectivity index (χ2n) is 5.63. The number of fused-ring (bicyclic) bond motifs is 1. The molecule has 4 nitrogen and oxygen atoms in total. The molecule has 0 N–H and O–H groups in total. The number of aromatic nitrogens is 1. The lowest BCUT2D eigenvalue weighted by molar-refractivity contribution is 0.394. The van der Waals surface area contributed by atoms with Crippen LogP contribution in [0.15, 0.2) is 71.1 Å². The van der Waals surface area contributed by atoms with Crippen molar-refractivity contribution in [1.82, 2.24) is 4.98 Å². The fraction of sp³-hybridized carbons (Fsp3) is 0.0952. The smallest absolute Gasteiger partial charge is 0.231 e. The molecule has 124 valence electrons. The Labute approximate surface area is 145 Å². The number of ether oxygens (including phenoxy) is 2.